The predicted octanol–water partition coefficient (Wildman–Crippen LogP) is 7.78. The number of aliphatic hydroxyl groups excluding tert-OH is 1. The molecule has 0 aliphatic heterocycles. The van der Waals surface area contributed by atoms with E-state index < -0.39 is 0 Å². The second-order valence-corrected chi connectivity index (χ2v) is 16.7. The molecule has 0 amide bonds. The third-order valence-electron chi connectivity index (χ3n) is 12.2. The molecular formula is C30H53OS+. The Bertz CT molecular complexity index is 752. The van der Waals surface area contributed by atoms with Crippen molar-refractivity contribution in [1.29, 1.82) is 0 Å². The number of aliphatic hydroxyl groups is 1. The van der Waals surface area contributed by atoms with E-state index in [0.29, 0.717) is 33.1 Å². The first kappa shape index (κ1) is 25.2. The van der Waals surface area contributed by atoms with Crippen molar-refractivity contribution in [2.45, 2.75) is 125 Å². The Hall–Kier alpha value is 0.0500. The van der Waals surface area contributed by atoms with Crippen molar-refractivity contribution < 1.29 is 5.11 Å². The van der Waals surface area contributed by atoms with Gasteiger partial charge in [0.15, 0.2) is 0 Å². The molecule has 6 unspecified atom stereocenters. The lowest BCUT2D eigenvalue weighted by molar-refractivity contribution is -0.0962. The Morgan fingerprint density at radius 2 is 1.59 bits per heavy atom. The SMILES string of the molecule is CC(C)[S+](C)CC[C@@H](C)C1CC[C@@]2(C)C3=C(CCC12C)C1(C)CCC(O)C(C)(C)C1CC3. The Morgan fingerprint density at radius 1 is 0.906 bits per heavy atom. The summed E-state index contributed by atoms with van der Waals surface area (Å²) in [6.45, 7) is 20.1. The number of rotatable bonds is 5. The van der Waals surface area contributed by atoms with Gasteiger partial charge < -0.3 is 5.11 Å². The van der Waals surface area contributed by atoms with Crippen molar-refractivity contribution in [2.75, 3.05) is 12.0 Å². The summed E-state index contributed by atoms with van der Waals surface area (Å²) in [5, 5.41) is 11.7. The molecule has 0 spiro atoms. The normalized spacial score (nSPS) is 45.3. The number of hydrogen-bond donors (Lipinski definition) is 1. The van der Waals surface area contributed by atoms with Gasteiger partial charge in [0.05, 0.1) is 12.4 Å². The Morgan fingerprint density at radius 3 is 2.25 bits per heavy atom. The summed E-state index contributed by atoms with van der Waals surface area (Å²) in [5.41, 5.74) is 5.00. The molecule has 1 N–H and O–H groups in total. The van der Waals surface area contributed by atoms with E-state index in [1.807, 2.05) is 11.1 Å². The highest BCUT2D eigenvalue weighted by atomic mass is 32.2. The van der Waals surface area contributed by atoms with E-state index in [4.69, 9.17) is 0 Å². The van der Waals surface area contributed by atoms with Crippen LogP contribution in [-0.2, 0) is 10.9 Å². The molecule has 8 atom stereocenters. The predicted molar refractivity (Wildman–Crippen MR) is 142 cm³/mol. The van der Waals surface area contributed by atoms with Gasteiger partial charge in [0.2, 0.25) is 0 Å². The minimum absolute atomic E-state index is 0.0494. The van der Waals surface area contributed by atoms with Gasteiger partial charge in [-0.2, -0.15) is 0 Å². The van der Waals surface area contributed by atoms with Gasteiger partial charge in [-0.05, 0) is 122 Å². The zero-order valence-corrected chi connectivity index (χ0v) is 23.6. The maximum atomic E-state index is 10.8. The van der Waals surface area contributed by atoms with Crippen molar-refractivity contribution in [1.82, 2.24) is 0 Å². The summed E-state index contributed by atoms with van der Waals surface area (Å²) in [4.78, 5) is 0. The van der Waals surface area contributed by atoms with Crippen LogP contribution in [0.3, 0.4) is 0 Å². The summed E-state index contributed by atoms with van der Waals surface area (Å²) >= 11 is 0. The van der Waals surface area contributed by atoms with Crippen LogP contribution in [0.1, 0.15) is 113 Å². The molecule has 0 aromatic heterocycles. The second kappa shape index (κ2) is 8.32. The molecule has 2 saturated carbocycles. The summed E-state index contributed by atoms with van der Waals surface area (Å²) in [6, 6.07) is 0. The molecule has 1 nitrogen and oxygen atoms in total. The monoisotopic (exact) mass is 461 g/mol. The standard InChI is InChI=1S/C30H53OS/c1-20(2)32(9)19-15-21(3)22-12-17-30(8)24-10-11-25-27(4,5)26(31)14-16-28(25,6)23(24)13-18-29(22,30)7/h20-22,25-26,31H,10-19H2,1-9H3/q+1/t21-,22?,25?,26?,28?,29?,30+,32?/m1/s1. The molecule has 0 radical (unpaired) electrons. The Labute approximate surface area is 202 Å². The third-order valence-corrected chi connectivity index (χ3v) is 14.7. The molecule has 0 heterocycles. The van der Waals surface area contributed by atoms with Gasteiger partial charge in [-0.1, -0.05) is 52.7 Å². The van der Waals surface area contributed by atoms with E-state index in [9.17, 15) is 5.11 Å². The first-order chi connectivity index (χ1) is 14.8. The lowest BCUT2D eigenvalue weighted by atomic mass is 9.43. The minimum Gasteiger partial charge on any atom is -0.393 e. The summed E-state index contributed by atoms with van der Waals surface area (Å²) < 4.78 is 0. The van der Waals surface area contributed by atoms with Crippen LogP contribution in [0.5, 0.6) is 0 Å². The number of allylic oxidation sites excluding steroid dienone is 2. The minimum atomic E-state index is -0.127. The van der Waals surface area contributed by atoms with E-state index in [0.717, 1.165) is 23.5 Å². The van der Waals surface area contributed by atoms with Crippen LogP contribution in [0.25, 0.3) is 0 Å². The molecule has 0 aromatic rings. The fourth-order valence-electron chi connectivity index (χ4n) is 9.44. The van der Waals surface area contributed by atoms with Crippen molar-refractivity contribution in [2.24, 2.45) is 39.4 Å². The zero-order chi connectivity index (χ0) is 23.7. The van der Waals surface area contributed by atoms with Crippen LogP contribution >= 0.6 is 0 Å². The van der Waals surface area contributed by atoms with Gasteiger partial charge in [-0.3, -0.25) is 0 Å². The number of hydrogen-bond acceptors (Lipinski definition) is 1. The molecule has 4 aliphatic carbocycles. The fraction of sp³-hybridized carbons (Fsp3) is 0.933. The molecule has 4 aliphatic rings. The average Bonchev–Trinajstić information content (AvgIpc) is 3.00. The van der Waals surface area contributed by atoms with Crippen molar-refractivity contribution in [3.8, 4) is 0 Å². The van der Waals surface area contributed by atoms with Gasteiger partial charge >= 0.3 is 0 Å². The highest BCUT2D eigenvalue weighted by Gasteiger charge is 2.63. The zero-order valence-electron chi connectivity index (χ0n) is 22.8. The van der Waals surface area contributed by atoms with Gasteiger partial charge in [-0.25, -0.2) is 0 Å². The van der Waals surface area contributed by atoms with E-state index in [-0.39, 0.29) is 11.5 Å². The van der Waals surface area contributed by atoms with Gasteiger partial charge in [-0.15, -0.1) is 0 Å². The maximum absolute atomic E-state index is 10.8. The molecule has 32 heavy (non-hydrogen) atoms. The molecule has 0 bridgehead atoms. The largest absolute Gasteiger partial charge is 0.393 e. The Balaban J connectivity index is 1.62. The quantitative estimate of drug-likeness (QED) is 0.327. The first-order valence-electron chi connectivity index (χ1n) is 13.8. The van der Waals surface area contributed by atoms with E-state index in [1.165, 1.54) is 57.1 Å². The van der Waals surface area contributed by atoms with Gasteiger partial charge in [0.25, 0.3) is 0 Å². The molecule has 2 heteroatoms. The summed E-state index contributed by atoms with van der Waals surface area (Å²) in [6.07, 6.45) is 14.1. The van der Waals surface area contributed by atoms with Gasteiger partial charge in [0, 0.05) is 0 Å². The molecule has 2 fully saturated rings. The average molecular weight is 462 g/mol. The lowest BCUT2D eigenvalue weighted by Gasteiger charge is -2.62. The summed E-state index contributed by atoms with van der Waals surface area (Å²) in [5.74, 6) is 3.81. The molecule has 0 saturated heterocycles. The molecule has 4 rings (SSSR count). The van der Waals surface area contributed by atoms with E-state index in [1.54, 1.807) is 0 Å². The fourth-order valence-corrected chi connectivity index (χ4v) is 10.7. The summed E-state index contributed by atoms with van der Waals surface area (Å²) in [7, 11) is 0.567. The van der Waals surface area contributed by atoms with Crippen molar-refractivity contribution in [3.05, 3.63) is 11.1 Å². The molecule has 184 valence electrons. The first-order valence-corrected chi connectivity index (χ1v) is 15.7. The van der Waals surface area contributed by atoms with Crippen LogP contribution < -0.4 is 0 Å². The molecular weight excluding hydrogens is 408 g/mol. The second-order valence-electron chi connectivity index (χ2n) is 13.9. The number of fused-ring (bicyclic) bond motifs is 4. The maximum Gasteiger partial charge on any atom is 0.112 e. The van der Waals surface area contributed by atoms with Crippen LogP contribution in [-0.4, -0.2) is 28.5 Å². The highest BCUT2D eigenvalue weighted by molar-refractivity contribution is 7.96. The van der Waals surface area contributed by atoms with Crippen LogP contribution in [0.2, 0.25) is 0 Å². The Kier molecular flexibility index (Phi) is 6.54. The molecule has 0 aromatic carbocycles. The van der Waals surface area contributed by atoms with Crippen LogP contribution in [0.4, 0.5) is 0 Å². The van der Waals surface area contributed by atoms with E-state index >= 15 is 0 Å². The topological polar surface area (TPSA) is 20.2 Å². The van der Waals surface area contributed by atoms with E-state index in [2.05, 4.69) is 61.6 Å². The van der Waals surface area contributed by atoms with Crippen molar-refractivity contribution in [3.63, 3.8) is 0 Å². The van der Waals surface area contributed by atoms with Crippen LogP contribution in [0.15, 0.2) is 11.1 Å². The lowest BCUT2D eigenvalue weighted by Crippen LogP contribution is -2.55. The smallest absolute Gasteiger partial charge is 0.112 e. The van der Waals surface area contributed by atoms with Gasteiger partial charge in [0.1, 0.15) is 11.0 Å². The third kappa shape index (κ3) is 3.51. The van der Waals surface area contributed by atoms with Crippen molar-refractivity contribution >= 4 is 10.9 Å². The van der Waals surface area contributed by atoms with Crippen LogP contribution in [0, 0.1) is 39.4 Å². The highest BCUT2D eigenvalue weighted by Crippen LogP contribution is 2.72.